The zero-order valence-corrected chi connectivity index (χ0v) is 16.1. The van der Waals surface area contributed by atoms with E-state index in [0.29, 0.717) is 18.3 Å². The van der Waals surface area contributed by atoms with Gasteiger partial charge >= 0.3 is 0 Å². The Bertz CT molecular complexity index is 923. The van der Waals surface area contributed by atoms with E-state index in [9.17, 15) is 4.79 Å². The molecule has 3 aromatic rings. The number of amides is 1. The fourth-order valence-electron chi connectivity index (χ4n) is 4.14. The maximum absolute atomic E-state index is 12.8. The molecule has 1 atom stereocenters. The van der Waals surface area contributed by atoms with E-state index in [4.69, 9.17) is 0 Å². The third kappa shape index (κ3) is 3.49. The molecule has 3 heterocycles. The minimum atomic E-state index is 0.0320. The lowest BCUT2D eigenvalue weighted by atomic mass is 10.2. The predicted octanol–water partition coefficient (Wildman–Crippen LogP) is 2.97. The highest BCUT2D eigenvalue weighted by Crippen LogP contribution is 2.19. The van der Waals surface area contributed by atoms with Gasteiger partial charge in [-0.05, 0) is 43.1 Å². The summed E-state index contributed by atoms with van der Waals surface area (Å²) < 4.78 is 2.17. The molecular weight excluding hydrogens is 338 g/mol. The summed E-state index contributed by atoms with van der Waals surface area (Å²) in [6, 6.07) is 12.8. The van der Waals surface area contributed by atoms with Gasteiger partial charge in [-0.2, -0.15) is 5.10 Å². The van der Waals surface area contributed by atoms with Crippen LogP contribution in [-0.2, 0) is 6.54 Å². The SMILES string of the molecule is CCN(CC)[C@H]1CCN(C(=O)c2cc(Cn3ccc4ccccc43)[nH]n2)C1. The van der Waals surface area contributed by atoms with Crippen LogP contribution in [0.1, 0.15) is 36.5 Å². The first-order valence-corrected chi connectivity index (χ1v) is 9.81. The molecule has 1 fully saturated rings. The van der Waals surface area contributed by atoms with Crippen LogP contribution in [0.3, 0.4) is 0 Å². The first-order chi connectivity index (χ1) is 13.2. The zero-order chi connectivity index (χ0) is 18.8. The highest BCUT2D eigenvalue weighted by Gasteiger charge is 2.30. The number of hydrogen-bond acceptors (Lipinski definition) is 3. The van der Waals surface area contributed by atoms with Gasteiger partial charge in [-0.3, -0.25) is 14.8 Å². The summed E-state index contributed by atoms with van der Waals surface area (Å²) in [5, 5.41) is 8.54. The Morgan fingerprint density at radius 2 is 2.07 bits per heavy atom. The Labute approximate surface area is 159 Å². The molecule has 0 radical (unpaired) electrons. The van der Waals surface area contributed by atoms with Gasteiger partial charge in [-0.1, -0.05) is 32.0 Å². The lowest BCUT2D eigenvalue weighted by molar-refractivity contribution is 0.0772. The standard InChI is InChI=1S/C21H27N5O/c1-3-24(4-2)18-10-12-26(15-18)21(27)19-13-17(22-23-19)14-25-11-9-16-7-5-6-8-20(16)25/h5-9,11,13,18H,3-4,10,12,14-15H2,1-2H3,(H,22,23)/t18-/m0/s1. The number of carbonyl (C=O) groups is 1. The van der Waals surface area contributed by atoms with Crippen LogP contribution in [-0.4, -0.2) is 62.7 Å². The molecule has 1 aliphatic rings. The van der Waals surface area contributed by atoms with Gasteiger partial charge in [0.05, 0.1) is 12.2 Å². The Balaban J connectivity index is 1.44. The molecular formula is C21H27N5O. The van der Waals surface area contributed by atoms with Gasteiger partial charge in [-0.15, -0.1) is 0 Å². The molecule has 1 aliphatic heterocycles. The average molecular weight is 365 g/mol. The monoisotopic (exact) mass is 365 g/mol. The van der Waals surface area contributed by atoms with Gasteiger partial charge < -0.3 is 9.47 Å². The number of aromatic amines is 1. The lowest BCUT2D eigenvalue weighted by Gasteiger charge is -2.25. The Hall–Kier alpha value is -2.60. The second-order valence-corrected chi connectivity index (χ2v) is 7.20. The van der Waals surface area contributed by atoms with Crippen LogP contribution in [0.5, 0.6) is 0 Å². The molecule has 6 heteroatoms. The zero-order valence-electron chi connectivity index (χ0n) is 16.1. The number of nitrogens with one attached hydrogen (secondary N) is 1. The highest BCUT2D eigenvalue weighted by molar-refractivity contribution is 5.92. The van der Waals surface area contributed by atoms with Crippen molar-refractivity contribution in [2.45, 2.75) is 32.9 Å². The molecule has 142 valence electrons. The van der Waals surface area contributed by atoms with Crippen molar-refractivity contribution in [2.24, 2.45) is 0 Å². The van der Waals surface area contributed by atoms with E-state index >= 15 is 0 Å². The molecule has 27 heavy (non-hydrogen) atoms. The van der Waals surface area contributed by atoms with Gasteiger partial charge in [0.2, 0.25) is 0 Å². The Kier molecular flexibility index (Phi) is 4.99. The normalized spacial score (nSPS) is 17.3. The number of aromatic nitrogens is 3. The molecule has 6 nitrogen and oxygen atoms in total. The molecule has 1 N–H and O–H groups in total. The van der Waals surface area contributed by atoms with Crippen molar-refractivity contribution in [3.63, 3.8) is 0 Å². The molecule has 1 aromatic carbocycles. The number of likely N-dealkylation sites (tertiary alicyclic amines) is 1. The van der Waals surface area contributed by atoms with E-state index < -0.39 is 0 Å². The number of fused-ring (bicyclic) bond motifs is 1. The van der Waals surface area contributed by atoms with Crippen LogP contribution >= 0.6 is 0 Å². The van der Waals surface area contributed by atoms with Gasteiger partial charge in [0.15, 0.2) is 0 Å². The largest absolute Gasteiger partial charge is 0.341 e. The molecule has 1 amide bonds. The van der Waals surface area contributed by atoms with E-state index in [-0.39, 0.29) is 5.91 Å². The first-order valence-electron chi connectivity index (χ1n) is 9.81. The van der Waals surface area contributed by atoms with Gasteiger partial charge in [0, 0.05) is 30.8 Å². The summed E-state index contributed by atoms with van der Waals surface area (Å²) in [7, 11) is 0. The van der Waals surface area contributed by atoms with Crippen LogP contribution < -0.4 is 0 Å². The van der Waals surface area contributed by atoms with Gasteiger partial charge in [-0.25, -0.2) is 0 Å². The van der Waals surface area contributed by atoms with Crippen molar-refractivity contribution in [2.75, 3.05) is 26.2 Å². The minimum Gasteiger partial charge on any atom is -0.341 e. The number of nitrogens with zero attached hydrogens (tertiary/aromatic N) is 4. The van der Waals surface area contributed by atoms with E-state index in [0.717, 1.165) is 38.3 Å². The Morgan fingerprint density at radius 1 is 1.26 bits per heavy atom. The van der Waals surface area contributed by atoms with Crippen molar-refractivity contribution in [3.8, 4) is 0 Å². The summed E-state index contributed by atoms with van der Waals surface area (Å²) in [6.07, 6.45) is 3.11. The minimum absolute atomic E-state index is 0.0320. The molecule has 1 saturated heterocycles. The quantitative estimate of drug-likeness (QED) is 0.731. The van der Waals surface area contributed by atoms with Crippen LogP contribution in [0, 0.1) is 0 Å². The number of benzene rings is 1. The second kappa shape index (κ2) is 7.56. The third-order valence-electron chi connectivity index (χ3n) is 5.65. The number of likely N-dealkylation sites (N-methyl/N-ethyl adjacent to an activating group) is 1. The summed E-state index contributed by atoms with van der Waals surface area (Å²) >= 11 is 0. The summed E-state index contributed by atoms with van der Waals surface area (Å²) in [5.41, 5.74) is 2.64. The molecule has 4 rings (SSSR count). The highest BCUT2D eigenvalue weighted by atomic mass is 16.2. The van der Waals surface area contributed by atoms with E-state index in [2.05, 4.69) is 57.9 Å². The van der Waals surface area contributed by atoms with Crippen molar-refractivity contribution >= 4 is 16.8 Å². The fraction of sp³-hybridized carbons (Fsp3) is 0.429. The number of rotatable bonds is 6. The number of H-pyrrole nitrogens is 1. The molecule has 0 unspecified atom stereocenters. The van der Waals surface area contributed by atoms with Crippen LogP contribution in [0.15, 0.2) is 42.6 Å². The molecule has 0 saturated carbocycles. The smallest absolute Gasteiger partial charge is 0.274 e. The molecule has 0 spiro atoms. The summed E-state index contributed by atoms with van der Waals surface area (Å²) in [5.74, 6) is 0.0320. The number of hydrogen-bond donors (Lipinski definition) is 1. The molecule has 0 aliphatic carbocycles. The maximum atomic E-state index is 12.8. The van der Waals surface area contributed by atoms with Crippen LogP contribution in [0.25, 0.3) is 10.9 Å². The summed E-state index contributed by atoms with van der Waals surface area (Å²) in [4.78, 5) is 17.2. The lowest BCUT2D eigenvalue weighted by Crippen LogP contribution is -2.38. The van der Waals surface area contributed by atoms with Crippen molar-refractivity contribution < 1.29 is 4.79 Å². The van der Waals surface area contributed by atoms with Crippen molar-refractivity contribution in [1.82, 2.24) is 24.6 Å². The Morgan fingerprint density at radius 3 is 2.89 bits per heavy atom. The molecule has 0 bridgehead atoms. The predicted molar refractivity (Wildman–Crippen MR) is 107 cm³/mol. The van der Waals surface area contributed by atoms with Gasteiger partial charge in [0.25, 0.3) is 5.91 Å². The van der Waals surface area contributed by atoms with Crippen LogP contribution in [0.4, 0.5) is 0 Å². The van der Waals surface area contributed by atoms with Crippen molar-refractivity contribution in [1.29, 1.82) is 0 Å². The first kappa shape index (κ1) is 17.8. The van der Waals surface area contributed by atoms with Crippen LogP contribution in [0.2, 0.25) is 0 Å². The van der Waals surface area contributed by atoms with Gasteiger partial charge in [0.1, 0.15) is 5.69 Å². The van der Waals surface area contributed by atoms with Crippen molar-refractivity contribution in [3.05, 3.63) is 54.0 Å². The number of para-hydroxylation sites is 1. The van der Waals surface area contributed by atoms with E-state index in [1.165, 1.54) is 10.9 Å². The average Bonchev–Trinajstić information content (AvgIpc) is 3.43. The molecule has 2 aromatic heterocycles. The third-order valence-corrected chi connectivity index (χ3v) is 5.65. The van der Waals surface area contributed by atoms with E-state index in [1.54, 1.807) is 0 Å². The number of carbonyl (C=O) groups excluding carboxylic acids is 1. The topological polar surface area (TPSA) is 57.2 Å². The summed E-state index contributed by atoms with van der Waals surface area (Å²) in [6.45, 7) is 8.70. The fourth-order valence-corrected chi connectivity index (χ4v) is 4.14. The second-order valence-electron chi connectivity index (χ2n) is 7.20. The maximum Gasteiger partial charge on any atom is 0.274 e. The van der Waals surface area contributed by atoms with E-state index in [1.807, 2.05) is 23.1 Å².